The Morgan fingerprint density at radius 2 is 1.76 bits per heavy atom. The predicted molar refractivity (Wildman–Crippen MR) is 142 cm³/mol. The monoisotopic (exact) mass is 536 g/mol. The van der Waals surface area contributed by atoms with Gasteiger partial charge in [0.25, 0.3) is 10.1 Å². The van der Waals surface area contributed by atoms with Crippen molar-refractivity contribution in [3.8, 4) is 11.5 Å². The van der Waals surface area contributed by atoms with Crippen LogP contribution in [-0.2, 0) is 10.1 Å². The van der Waals surface area contributed by atoms with Gasteiger partial charge in [0, 0.05) is 11.6 Å². The summed E-state index contributed by atoms with van der Waals surface area (Å²) in [7, 11) is -2.89. The first kappa shape index (κ1) is 26.7. The largest absolute Gasteiger partial charge is 0.494 e. The van der Waals surface area contributed by atoms with Crippen molar-refractivity contribution in [2.45, 2.75) is 11.8 Å². The van der Waals surface area contributed by atoms with Crippen LogP contribution in [0, 0.1) is 6.92 Å². The van der Waals surface area contributed by atoms with E-state index in [1.807, 2.05) is 6.92 Å². The average molecular weight is 537 g/mol. The number of rotatable bonds is 9. The number of benzene rings is 3. The number of aliphatic hydroxyl groups is 1. The number of aryl methyl sites for hydroxylation is 1. The van der Waals surface area contributed by atoms with E-state index in [1.165, 1.54) is 25.3 Å². The molecule has 0 saturated carbocycles. The number of nitrogens with one attached hydrogen (secondary N) is 1. The number of methoxy groups -OCH3 is 1. The standard InChI is InChI=1S/C26H24N4O7S/c1-16-13-24(25(36-2)15-23(16)29-27-18-4-6-19(7-5-18)37-12-11-31)30-28-22-10-3-17-14-20(38(33,34)35)8-9-21(17)26(22)32/h3-10,13-15,30-31H,11-12H2,1-2H3,(H,33,34,35)/b28-22-,29-27+. The van der Waals surface area contributed by atoms with Crippen LogP contribution < -0.4 is 14.9 Å². The number of Topliss-reactive ketones (excluding diaryl/α,β-unsaturated/α-hetero) is 1. The third kappa shape index (κ3) is 6.11. The molecule has 3 aromatic carbocycles. The summed E-state index contributed by atoms with van der Waals surface area (Å²) in [6.45, 7) is 1.98. The van der Waals surface area contributed by atoms with Gasteiger partial charge in [-0.15, -0.1) is 0 Å². The van der Waals surface area contributed by atoms with Crippen molar-refractivity contribution >= 4 is 44.8 Å². The van der Waals surface area contributed by atoms with E-state index < -0.39 is 15.9 Å². The van der Waals surface area contributed by atoms with Crippen molar-refractivity contribution in [1.82, 2.24) is 0 Å². The summed E-state index contributed by atoms with van der Waals surface area (Å²) in [4.78, 5) is 12.6. The lowest BCUT2D eigenvalue weighted by molar-refractivity contribution is 0.106. The minimum atomic E-state index is -4.38. The van der Waals surface area contributed by atoms with Crippen LogP contribution in [0.4, 0.5) is 17.1 Å². The molecule has 0 spiro atoms. The molecule has 3 N–H and O–H groups in total. The van der Waals surface area contributed by atoms with E-state index in [2.05, 4.69) is 20.8 Å². The molecule has 0 atom stereocenters. The maximum atomic E-state index is 12.9. The number of azo groups is 1. The second-order valence-electron chi connectivity index (χ2n) is 8.10. The number of hydrogen-bond acceptors (Lipinski definition) is 10. The summed E-state index contributed by atoms with van der Waals surface area (Å²) in [5, 5.41) is 21.6. The van der Waals surface area contributed by atoms with Gasteiger partial charge < -0.3 is 14.6 Å². The molecule has 1 aliphatic carbocycles. The van der Waals surface area contributed by atoms with Crippen LogP contribution in [0.1, 0.15) is 21.5 Å². The third-order valence-corrected chi connectivity index (χ3v) is 6.35. The number of carbonyl (C=O) groups is 1. The zero-order valence-electron chi connectivity index (χ0n) is 20.5. The summed E-state index contributed by atoms with van der Waals surface area (Å²) >= 11 is 0. The first-order chi connectivity index (χ1) is 18.2. The minimum absolute atomic E-state index is 0.0680. The highest BCUT2D eigenvalue weighted by atomic mass is 32.2. The quantitative estimate of drug-likeness (QED) is 0.201. The van der Waals surface area contributed by atoms with Gasteiger partial charge in [-0.25, -0.2) is 0 Å². The van der Waals surface area contributed by atoms with Crippen LogP contribution in [0.5, 0.6) is 11.5 Å². The van der Waals surface area contributed by atoms with Crippen LogP contribution in [0.2, 0.25) is 0 Å². The van der Waals surface area contributed by atoms with Crippen molar-refractivity contribution in [1.29, 1.82) is 0 Å². The van der Waals surface area contributed by atoms with Crippen molar-refractivity contribution < 1.29 is 32.3 Å². The molecule has 0 fully saturated rings. The van der Waals surface area contributed by atoms with E-state index in [0.29, 0.717) is 34.1 Å². The van der Waals surface area contributed by atoms with E-state index in [-0.39, 0.29) is 29.4 Å². The van der Waals surface area contributed by atoms with E-state index in [4.69, 9.17) is 14.6 Å². The number of aliphatic hydroxyl groups excluding tert-OH is 1. The number of allylic oxidation sites excluding steroid dienone is 1. The van der Waals surface area contributed by atoms with Crippen molar-refractivity contribution in [3.63, 3.8) is 0 Å². The van der Waals surface area contributed by atoms with Crippen LogP contribution in [0.25, 0.3) is 6.08 Å². The number of fused-ring (bicyclic) bond motifs is 1. The Balaban J connectivity index is 1.51. The lowest BCUT2D eigenvalue weighted by Gasteiger charge is -2.14. The highest BCUT2D eigenvalue weighted by Gasteiger charge is 2.22. The van der Waals surface area contributed by atoms with Gasteiger partial charge in [-0.05, 0) is 72.7 Å². The zero-order chi connectivity index (χ0) is 27.3. The van der Waals surface area contributed by atoms with Gasteiger partial charge in [-0.1, -0.05) is 6.08 Å². The van der Waals surface area contributed by atoms with E-state index >= 15 is 0 Å². The molecule has 0 heterocycles. The molecule has 0 unspecified atom stereocenters. The number of carbonyl (C=O) groups excluding carboxylic acids is 1. The fraction of sp³-hybridized carbons (Fsp3) is 0.154. The highest BCUT2D eigenvalue weighted by molar-refractivity contribution is 7.85. The Kier molecular flexibility index (Phi) is 7.96. The van der Waals surface area contributed by atoms with Crippen molar-refractivity contribution in [2.75, 3.05) is 25.7 Å². The second kappa shape index (κ2) is 11.3. The molecule has 4 rings (SSSR count). The average Bonchev–Trinajstić information content (AvgIpc) is 2.91. The molecule has 0 aromatic heterocycles. The third-order valence-electron chi connectivity index (χ3n) is 5.50. The number of nitrogens with zero attached hydrogens (tertiary/aromatic N) is 3. The van der Waals surface area contributed by atoms with Gasteiger partial charge in [0.05, 0.1) is 35.7 Å². The van der Waals surface area contributed by atoms with Crippen molar-refractivity contribution in [2.24, 2.45) is 15.3 Å². The minimum Gasteiger partial charge on any atom is -0.494 e. The summed E-state index contributed by atoms with van der Waals surface area (Å²) < 4.78 is 42.8. The molecule has 0 amide bonds. The molecular formula is C26H24N4O7S. The Morgan fingerprint density at radius 1 is 1.00 bits per heavy atom. The summed E-state index contributed by atoms with van der Waals surface area (Å²) in [5.74, 6) is 0.628. The van der Waals surface area contributed by atoms with E-state index in [1.54, 1.807) is 42.5 Å². The van der Waals surface area contributed by atoms with Crippen LogP contribution in [0.3, 0.4) is 0 Å². The van der Waals surface area contributed by atoms with Crippen LogP contribution >= 0.6 is 0 Å². The number of hydrogen-bond donors (Lipinski definition) is 3. The predicted octanol–water partition coefficient (Wildman–Crippen LogP) is 4.71. The van der Waals surface area contributed by atoms with E-state index in [0.717, 1.165) is 11.6 Å². The molecule has 0 aliphatic heterocycles. The number of ketones is 1. The normalized spacial score (nSPS) is 14.1. The SMILES string of the molecule is COc1cc(/N=N/c2ccc(OCCO)cc2)c(C)cc1N/N=C1/C=Cc2cc(S(=O)(=O)O)ccc2C1=O. The topological polar surface area (TPSA) is 159 Å². The molecule has 12 heteroatoms. The lowest BCUT2D eigenvalue weighted by atomic mass is 9.95. The maximum absolute atomic E-state index is 12.9. The maximum Gasteiger partial charge on any atom is 0.294 e. The fourth-order valence-electron chi connectivity index (χ4n) is 3.56. The van der Waals surface area contributed by atoms with Gasteiger partial charge in [0.1, 0.15) is 23.8 Å². The summed E-state index contributed by atoms with van der Waals surface area (Å²) in [6.07, 6.45) is 3.00. The first-order valence-electron chi connectivity index (χ1n) is 11.3. The lowest BCUT2D eigenvalue weighted by Crippen LogP contribution is -2.18. The number of anilines is 1. The molecule has 11 nitrogen and oxygen atoms in total. The summed E-state index contributed by atoms with van der Waals surface area (Å²) in [5.41, 5.74) is 6.01. The number of hydrazone groups is 1. The molecule has 0 bridgehead atoms. The molecule has 3 aromatic rings. The molecule has 0 radical (unpaired) electrons. The Hall–Kier alpha value is -4.39. The molecular weight excluding hydrogens is 512 g/mol. The van der Waals surface area contributed by atoms with Crippen LogP contribution in [0.15, 0.2) is 80.9 Å². The van der Waals surface area contributed by atoms with Gasteiger partial charge in [-0.3, -0.25) is 14.8 Å². The van der Waals surface area contributed by atoms with Gasteiger partial charge >= 0.3 is 0 Å². The molecule has 1 aliphatic rings. The second-order valence-corrected chi connectivity index (χ2v) is 9.52. The highest BCUT2D eigenvalue weighted by Crippen LogP contribution is 2.34. The number of ether oxygens (including phenoxy) is 2. The molecule has 196 valence electrons. The Morgan fingerprint density at radius 3 is 2.45 bits per heavy atom. The van der Waals surface area contributed by atoms with Gasteiger partial charge in [-0.2, -0.15) is 23.7 Å². The van der Waals surface area contributed by atoms with Crippen LogP contribution in [-0.4, -0.2) is 49.9 Å². The first-order valence-corrected chi connectivity index (χ1v) is 12.8. The zero-order valence-corrected chi connectivity index (χ0v) is 21.3. The molecule has 38 heavy (non-hydrogen) atoms. The van der Waals surface area contributed by atoms with Gasteiger partial charge in [0.2, 0.25) is 5.78 Å². The Labute approximate surface area is 218 Å². The smallest absolute Gasteiger partial charge is 0.294 e. The Bertz CT molecular complexity index is 1560. The fourth-order valence-corrected chi connectivity index (χ4v) is 4.08. The van der Waals surface area contributed by atoms with Crippen molar-refractivity contribution in [3.05, 3.63) is 77.4 Å². The summed E-state index contributed by atoms with van der Waals surface area (Å²) in [6, 6.07) is 14.1. The van der Waals surface area contributed by atoms with Gasteiger partial charge in [0.15, 0.2) is 0 Å². The van der Waals surface area contributed by atoms with E-state index in [9.17, 15) is 17.8 Å². The molecule has 0 saturated heterocycles.